The number of aliphatic hydroxyl groups excluding tert-OH is 1. The highest BCUT2D eigenvalue weighted by Crippen LogP contribution is 2.35. The van der Waals surface area contributed by atoms with Crippen LogP contribution in [-0.2, 0) is 6.42 Å². The summed E-state index contributed by atoms with van der Waals surface area (Å²) in [4.78, 5) is 11.8. The number of aryl methyl sites for hydroxylation is 1. The molecule has 1 N–H and O–H groups in total. The van der Waals surface area contributed by atoms with E-state index >= 15 is 0 Å². The van der Waals surface area contributed by atoms with Crippen LogP contribution in [0.5, 0.6) is 0 Å². The molecule has 9 heteroatoms. The number of nitrogens with zero attached hydrogens (tertiary/aromatic N) is 5. The van der Waals surface area contributed by atoms with Crippen molar-refractivity contribution in [2.45, 2.75) is 26.2 Å². The van der Waals surface area contributed by atoms with E-state index in [1.165, 1.54) is 23.3 Å². The van der Waals surface area contributed by atoms with Gasteiger partial charge in [0, 0.05) is 49.6 Å². The summed E-state index contributed by atoms with van der Waals surface area (Å²) in [6.07, 6.45) is 7.15. The van der Waals surface area contributed by atoms with E-state index in [0.29, 0.717) is 0 Å². The normalized spacial score (nSPS) is 14.4. The van der Waals surface area contributed by atoms with Gasteiger partial charge >= 0.3 is 0 Å². The molecule has 0 unspecified atom stereocenters. The zero-order chi connectivity index (χ0) is 25.1. The number of halogens is 1. The first kappa shape index (κ1) is 25.0. The second kappa shape index (κ2) is 11.1. The van der Waals surface area contributed by atoms with Gasteiger partial charge in [0.1, 0.15) is 17.3 Å². The fourth-order valence-electron chi connectivity index (χ4n) is 4.41. The molecule has 188 valence electrons. The summed E-state index contributed by atoms with van der Waals surface area (Å²) in [6, 6.07) is 10.7. The number of hydrogen-bond donors (Lipinski definition) is 1. The Balaban J connectivity index is 1.42. The Morgan fingerprint density at radius 3 is 2.67 bits per heavy atom. The number of thiazole rings is 1. The number of benzene rings is 1. The van der Waals surface area contributed by atoms with Gasteiger partial charge in [0.25, 0.3) is 0 Å². The van der Waals surface area contributed by atoms with E-state index in [0.717, 1.165) is 71.7 Å². The van der Waals surface area contributed by atoms with Crippen molar-refractivity contribution in [3.63, 3.8) is 0 Å². The topological polar surface area (TPSA) is 56.9 Å². The van der Waals surface area contributed by atoms with Gasteiger partial charge in [-0.2, -0.15) is 0 Å². The maximum absolute atomic E-state index is 13.4. The maximum atomic E-state index is 13.4. The zero-order valence-corrected chi connectivity index (χ0v) is 22.2. The molecule has 0 saturated heterocycles. The van der Waals surface area contributed by atoms with E-state index in [4.69, 9.17) is 15.1 Å². The summed E-state index contributed by atoms with van der Waals surface area (Å²) in [6.45, 7) is 4.28. The van der Waals surface area contributed by atoms with Gasteiger partial charge in [0.2, 0.25) is 0 Å². The van der Waals surface area contributed by atoms with Gasteiger partial charge in [-0.1, -0.05) is 24.9 Å². The lowest BCUT2D eigenvalue weighted by Crippen LogP contribution is -2.22. The van der Waals surface area contributed by atoms with E-state index in [9.17, 15) is 4.39 Å². The Bertz CT molecular complexity index is 1360. The fourth-order valence-corrected chi connectivity index (χ4v) is 6.13. The number of imidazole rings is 1. The molecule has 5 rings (SSSR count). The van der Waals surface area contributed by atoms with Crippen LogP contribution in [-0.4, -0.2) is 56.3 Å². The molecule has 3 aromatic heterocycles. The highest BCUT2D eigenvalue weighted by Gasteiger charge is 2.20. The van der Waals surface area contributed by atoms with Gasteiger partial charge in [-0.3, -0.25) is 4.40 Å². The van der Waals surface area contributed by atoms with Crippen LogP contribution < -0.4 is 4.90 Å². The highest BCUT2D eigenvalue weighted by atomic mass is 32.2. The van der Waals surface area contributed by atoms with Crippen LogP contribution in [0.1, 0.15) is 31.0 Å². The van der Waals surface area contributed by atoms with Crippen molar-refractivity contribution in [2.75, 3.05) is 37.4 Å². The summed E-state index contributed by atoms with van der Waals surface area (Å²) < 4.78 is 17.9. The molecule has 0 radical (unpaired) electrons. The number of rotatable bonds is 9. The Labute approximate surface area is 219 Å². The molecule has 0 saturated carbocycles. The molecule has 6 nitrogen and oxygen atoms in total. The number of pyridine rings is 1. The van der Waals surface area contributed by atoms with Crippen LogP contribution in [0.4, 0.5) is 15.3 Å². The Morgan fingerprint density at radius 1 is 1.14 bits per heavy atom. The molecular weight excluding hydrogens is 493 g/mol. The molecule has 0 aliphatic carbocycles. The second-order valence-electron chi connectivity index (χ2n) is 8.74. The van der Waals surface area contributed by atoms with Crippen LogP contribution in [0.15, 0.2) is 54.1 Å². The third-order valence-corrected chi connectivity index (χ3v) is 8.44. The Kier molecular flexibility index (Phi) is 7.71. The molecule has 1 aliphatic heterocycles. The van der Waals surface area contributed by atoms with Crippen LogP contribution in [0.25, 0.3) is 22.5 Å². The van der Waals surface area contributed by atoms with Gasteiger partial charge in [-0.25, -0.2) is 18.7 Å². The van der Waals surface area contributed by atoms with E-state index in [-0.39, 0.29) is 12.4 Å². The summed E-state index contributed by atoms with van der Waals surface area (Å²) in [7, 11) is 2.03. The molecular formula is C27H30FN5OS2. The average Bonchev–Trinajstić information content (AvgIpc) is 3.54. The highest BCUT2D eigenvalue weighted by molar-refractivity contribution is 7.97. The number of aromatic nitrogens is 3. The van der Waals surface area contributed by atoms with Gasteiger partial charge in [0.05, 0.1) is 11.4 Å². The van der Waals surface area contributed by atoms with E-state index in [2.05, 4.69) is 44.9 Å². The fraction of sp³-hybridized carbons (Fsp3) is 0.333. The number of hydrogen-bond acceptors (Lipinski definition) is 7. The van der Waals surface area contributed by atoms with E-state index in [1.54, 1.807) is 23.5 Å². The maximum Gasteiger partial charge on any atom is 0.191 e. The molecule has 0 bridgehead atoms. The monoisotopic (exact) mass is 523 g/mol. The minimum atomic E-state index is -0.248. The number of aliphatic hydroxyl groups is 1. The zero-order valence-electron chi connectivity index (χ0n) is 20.5. The Morgan fingerprint density at radius 2 is 1.94 bits per heavy atom. The van der Waals surface area contributed by atoms with Crippen molar-refractivity contribution in [2.24, 2.45) is 0 Å². The summed E-state index contributed by atoms with van der Waals surface area (Å²) in [5, 5.41) is 11.9. The lowest BCUT2D eigenvalue weighted by Gasteiger charge is -2.25. The summed E-state index contributed by atoms with van der Waals surface area (Å²) in [5.41, 5.74) is 6.24. The predicted octanol–water partition coefficient (Wildman–Crippen LogP) is 6.05. The van der Waals surface area contributed by atoms with Gasteiger partial charge in [-0.15, -0.1) is 11.3 Å². The first-order valence-electron chi connectivity index (χ1n) is 12.2. The summed E-state index contributed by atoms with van der Waals surface area (Å²) in [5.74, 6) is 1.73. The standard InChI is InChI=1S/C27H30FN5OS2/c1-3-23-26(31(2)27-30-24(18-35-27)20-5-8-22(28)9-6-20)33-17-21(7-10-25(33)29-23)19-11-13-32(14-12-19)36-16-4-15-34/h5-11,17-18,34H,3-4,12-16H2,1-2H3. The minimum absolute atomic E-state index is 0.248. The molecule has 1 aromatic carbocycles. The molecule has 0 amide bonds. The molecule has 4 heterocycles. The lowest BCUT2D eigenvalue weighted by atomic mass is 10.0. The third kappa shape index (κ3) is 5.20. The van der Waals surface area contributed by atoms with Gasteiger partial charge in [0.15, 0.2) is 5.13 Å². The number of anilines is 2. The summed E-state index contributed by atoms with van der Waals surface area (Å²) >= 11 is 3.38. The minimum Gasteiger partial charge on any atom is -0.396 e. The quantitative estimate of drug-likeness (QED) is 0.213. The number of fused-ring (bicyclic) bond motifs is 1. The van der Waals surface area contributed by atoms with E-state index < -0.39 is 0 Å². The SMILES string of the molecule is CCc1nc2ccc(C3=CCN(SCCCO)CC3)cn2c1N(C)c1nc(-c2ccc(F)cc2)cs1. The molecule has 0 atom stereocenters. The largest absolute Gasteiger partial charge is 0.396 e. The van der Waals surface area contributed by atoms with Gasteiger partial charge < -0.3 is 10.0 Å². The van der Waals surface area contributed by atoms with Crippen molar-refractivity contribution < 1.29 is 9.50 Å². The molecule has 36 heavy (non-hydrogen) atoms. The molecule has 0 spiro atoms. The lowest BCUT2D eigenvalue weighted by molar-refractivity contribution is 0.296. The first-order chi connectivity index (χ1) is 17.6. The second-order valence-corrected chi connectivity index (χ2v) is 10.8. The van der Waals surface area contributed by atoms with Crippen molar-refractivity contribution in [3.05, 3.63) is 71.1 Å². The molecule has 4 aromatic rings. The van der Waals surface area contributed by atoms with Crippen LogP contribution in [0, 0.1) is 5.82 Å². The molecule has 1 aliphatic rings. The van der Waals surface area contributed by atoms with Crippen LogP contribution in [0.3, 0.4) is 0 Å². The smallest absolute Gasteiger partial charge is 0.191 e. The van der Waals surface area contributed by atoms with Crippen molar-refractivity contribution in [1.29, 1.82) is 0 Å². The Hall–Kier alpha value is -2.72. The predicted molar refractivity (Wildman–Crippen MR) is 148 cm³/mol. The van der Waals surface area contributed by atoms with Crippen molar-refractivity contribution in [3.8, 4) is 11.3 Å². The van der Waals surface area contributed by atoms with Crippen LogP contribution >= 0.6 is 23.3 Å². The van der Waals surface area contributed by atoms with Crippen molar-refractivity contribution in [1.82, 2.24) is 18.7 Å². The average molecular weight is 524 g/mol. The van der Waals surface area contributed by atoms with Crippen LogP contribution in [0.2, 0.25) is 0 Å². The third-order valence-electron chi connectivity index (χ3n) is 6.35. The van der Waals surface area contributed by atoms with E-state index in [1.807, 2.05) is 24.4 Å². The van der Waals surface area contributed by atoms with Gasteiger partial charge in [-0.05, 0) is 66.8 Å². The first-order valence-corrected chi connectivity index (χ1v) is 14.0. The van der Waals surface area contributed by atoms with Crippen molar-refractivity contribution >= 4 is 45.5 Å². The molecule has 0 fully saturated rings.